The average Bonchev–Trinajstić information content (AvgIpc) is 2.36. The topological polar surface area (TPSA) is 38.0 Å². The molecule has 0 heterocycles. The average molecular weight is 308 g/mol. The van der Waals surface area contributed by atoms with E-state index >= 15 is 0 Å². The number of hydrogen-bond donors (Lipinski definition) is 2. The first kappa shape index (κ1) is 14.3. The summed E-state index contributed by atoms with van der Waals surface area (Å²) in [5.41, 5.74) is 6.66. The number of hydrogen-bond acceptors (Lipinski definition) is 2. The highest BCUT2D eigenvalue weighted by molar-refractivity contribution is 6.44. The van der Waals surface area contributed by atoms with Crippen LogP contribution in [0.5, 0.6) is 0 Å². The maximum Gasteiger partial charge on any atom is 0.0653 e. The van der Waals surface area contributed by atoms with Crippen molar-refractivity contribution in [3.05, 3.63) is 27.2 Å². The molecule has 1 saturated carbocycles. The van der Waals surface area contributed by atoms with E-state index in [1.54, 1.807) is 12.1 Å². The Morgan fingerprint density at radius 3 is 2.44 bits per heavy atom. The third-order valence-corrected chi connectivity index (χ3v) is 4.60. The van der Waals surface area contributed by atoms with Crippen LogP contribution in [0.3, 0.4) is 0 Å². The third kappa shape index (κ3) is 3.24. The lowest BCUT2D eigenvalue weighted by molar-refractivity contribution is 0.332. The molecule has 5 heteroatoms. The summed E-state index contributed by atoms with van der Waals surface area (Å²) >= 11 is 18.1. The fraction of sp³-hybridized carbons (Fsp3) is 0.538. The molecule has 2 rings (SSSR count). The molecule has 0 amide bonds. The van der Waals surface area contributed by atoms with Crippen LogP contribution in [0.2, 0.25) is 15.1 Å². The van der Waals surface area contributed by atoms with Crippen LogP contribution in [0, 0.1) is 5.92 Å². The minimum absolute atomic E-state index is 0.374. The first-order chi connectivity index (χ1) is 8.61. The molecule has 1 aliphatic carbocycles. The largest absolute Gasteiger partial charge is 0.381 e. The summed E-state index contributed by atoms with van der Waals surface area (Å²) in [7, 11) is 0. The van der Waals surface area contributed by atoms with Crippen LogP contribution in [0.25, 0.3) is 0 Å². The molecule has 0 radical (unpaired) electrons. The monoisotopic (exact) mass is 306 g/mol. The SMILES string of the molecule is NCC1CCCCC1Nc1cc(Cl)c(Cl)cc1Cl. The van der Waals surface area contributed by atoms with Crippen molar-refractivity contribution in [2.24, 2.45) is 11.7 Å². The van der Waals surface area contributed by atoms with Crippen molar-refractivity contribution >= 4 is 40.5 Å². The summed E-state index contributed by atoms with van der Waals surface area (Å²) < 4.78 is 0. The Morgan fingerprint density at radius 2 is 1.72 bits per heavy atom. The Labute approximate surface area is 123 Å². The van der Waals surface area contributed by atoms with E-state index in [-0.39, 0.29) is 0 Å². The number of rotatable bonds is 3. The minimum Gasteiger partial charge on any atom is -0.381 e. The third-order valence-electron chi connectivity index (χ3n) is 3.56. The van der Waals surface area contributed by atoms with E-state index in [1.165, 1.54) is 19.3 Å². The molecular weight excluding hydrogens is 291 g/mol. The van der Waals surface area contributed by atoms with Gasteiger partial charge in [0, 0.05) is 6.04 Å². The second-order valence-electron chi connectivity index (χ2n) is 4.78. The molecule has 0 aromatic heterocycles. The Bertz CT molecular complexity index is 423. The Kier molecular flexibility index (Phi) is 5.02. The van der Waals surface area contributed by atoms with Crippen molar-refractivity contribution < 1.29 is 0 Å². The summed E-state index contributed by atoms with van der Waals surface area (Å²) in [6.07, 6.45) is 4.79. The molecule has 0 spiro atoms. The van der Waals surface area contributed by atoms with Gasteiger partial charge in [-0.2, -0.15) is 0 Å². The fourth-order valence-corrected chi connectivity index (χ4v) is 3.11. The predicted molar refractivity (Wildman–Crippen MR) is 79.9 cm³/mol. The number of benzene rings is 1. The van der Waals surface area contributed by atoms with Crippen molar-refractivity contribution in [2.45, 2.75) is 31.7 Å². The molecule has 18 heavy (non-hydrogen) atoms. The fourth-order valence-electron chi connectivity index (χ4n) is 2.51. The Balaban J connectivity index is 2.15. The van der Waals surface area contributed by atoms with Crippen LogP contribution >= 0.6 is 34.8 Å². The highest BCUT2D eigenvalue weighted by atomic mass is 35.5. The highest BCUT2D eigenvalue weighted by Gasteiger charge is 2.24. The molecule has 2 nitrogen and oxygen atoms in total. The number of nitrogens with one attached hydrogen (secondary N) is 1. The summed E-state index contributed by atoms with van der Waals surface area (Å²) in [5.74, 6) is 0.504. The molecule has 100 valence electrons. The molecule has 0 bridgehead atoms. The van der Waals surface area contributed by atoms with Gasteiger partial charge in [0.05, 0.1) is 20.8 Å². The molecule has 0 aliphatic heterocycles. The van der Waals surface area contributed by atoms with E-state index in [0.717, 1.165) is 12.1 Å². The van der Waals surface area contributed by atoms with Gasteiger partial charge in [-0.1, -0.05) is 47.6 Å². The van der Waals surface area contributed by atoms with Gasteiger partial charge in [0.25, 0.3) is 0 Å². The highest BCUT2D eigenvalue weighted by Crippen LogP contribution is 2.34. The van der Waals surface area contributed by atoms with Crippen LogP contribution in [0.15, 0.2) is 12.1 Å². The zero-order chi connectivity index (χ0) is 13.1. The standard InChI is InChI=1S/C13H17Cl3N2/c14-9-5-11(16)13(6-10(9)15)18-12-4-2-1-3-8(12)7-17/h5-6,8,12,18H,1-4,7,17H2. The second kappa shape index (κ2) is 6.33. The summed E-state index contributed by atoms with van der Waals surface area (Å²) in [6, 6.07) is 3.83. The molecule has 2 atom stereocenters. The first-order valence-corrected chi connectivity index (χ1v) is 7.36. The van der Waals surface area contributed by atoms with Crippen LogP contribution in [0.1, 0.15) is 25.7 Å². The number of halogens is 3. The van der Waals surface area contributed by atoms with Gasteiger partial charge in [-0.15, -0.1) is 0 Å². The zero-order valence-electron chi connectivity index (χ0n) is 10.1. The van der Waals surface area contributed by atoms with Gasteiger partial charge in [-0.3, -0.25) is 0 Å². The van der Waals surface area contributed by atoms with Gasteiger partial charge in [0.1, 0.15) is 0 Å². The van der Waals surface area contributed by atoms with Gasteiger partial charge in [-0.25, -0.2) is 0 Å². The lowest BCUT2D eigenvalue weighted by atomic mass is 9.84. The van der Waals surface area contributed by atoms with Crippen LogP contribution < -0.4 is 11.1 Å². The maximum absolute atomic E-state index is 6.17. The predicted octanol–water partition coefficient (Wildman–Crippen LogP) is 4.58. The molecular formula is C13H17Cl3N2. The van der Waals surface area contributed by atoms with Crippen molar-refractivity contribution in [1.29, 1.82) is 0 Å². The van der Waals surface area contributed by atoms with E-state index in [0.29, 0.717) is 33.6 Å². The molecule has 2 unspecified atom stereocenters. The molecule has 1 aromatic carbocycles. The van der Waals surface area contributed by atoms with Crippen molar-refractivity contribution in [3.8, 4) is 0 Å². The van der Waals surface area contributed by atoms with E-state index in [1.807, 2.05) is 0 Å². The van der Waals surface area contributed by atoms with Gasteiger partial charge in [-0.05, 0) is 37.4 Å². The van der Waals surface area contributed by atoms with E-state index < -0.39 is 0 Å². The van der Waals surface area contributed by atoms with Gasteiger partial charge >= 0.3 is 0 Å². The van der Waals surface area contributed by atoms with E-state index in [2.05, 4.69) is 5.32 Å². The molecule has 3 N–H and O–H groups in total. The van der Waals surface area contributed by atoms with Gasteiger partial charge in [0.2, 0.25) is 0 Å². The second-order valence-corrected chi connectivity index (χ2v) is 6.00. The molecule has 1 aromatic rings. The first-order valence-electron chi connectivity index (χ1n) is 6.23. The maximum atomic E-state index is 6.17. The van der Waals surface area contributed by atoms with Crippen LogP contribution in [0.4, 0.5) is 5.69 Å². The minimum atomic E-state index is 0.374. The summed E-state index contributed by atoms with van der Waals surface area (Å²) in [6.45, 7) is 0.705. The molecule has 1 fully saturated rings. The van der Waals surface area contributed by atoms with Crippen molar-refractivity contribution in [2.75, 3.05) is 11.9 Å². The van der Waals surface area contributed by atoms with Gasteiger partial charge in [0.15, 0.2) is 0 Å². The Hall–Kier alpha value is -0.150. The Morgan fingerprint density at radius 1 is 1.06 bits per heavy atom. The van der Waals surface area contributed by atoms with Crippen LogP contribution in [-0.4, -0.2) is 12.6 Å². The van der Waals surface area contributed by atoms with E-state index in [9.17, 15) is 0 Å². The zero-order valence-corrected chi connectivity index (χ0v) is 12.3. The smallest absolute Gasteiger partial charge is 0.0653 e. The summed E-state index contributed by atoms with van der Waals surface area (Å²) in [5, 5.41) is 5.06. The van der Waals surface area contributed by atoms with Gasteiger partial charge < -0.3 is 11.1 Å². The van der Waals surface area contributed by atoms with Crippen LogP contribution in [-0.2, 0) is 0 Å². The lowest BCUT2D eigenvalue weighted by Crippen LogP contribution is -2.36. The quantitative estimate of drug-likeness (QED) is 0.802. The van der Waals surface area contributed by atoms with Crippen molar-refractivity contribution in [3.63, 3.8) is 0 Å². The molecule has 1 aliphatic rings. The number of anilines is 1. The van der Waals surface area contributed by atoms with E-state index in [4.69, 9.17) is 40.5 Å². The molecule has 0 saturated heterocycles. The van der Waals surface area contributed by atoms with Crippen molar-refractivity contribution in [1.82, 2.24) is 0 Å². The lowest BCUT2D eigenvalue weighted by Gasteiger charge is -2.32. The number of nitrogens with two attached hydrogens (primary N) is 1. The normalized spacial score (nSPS) is 24.0. The summed E-state index contributed by atoms with van der Waals surface area (Å²) in [4.78, 5) is 0.